The van der Waals surface area contributed by atoms with Crippen LogP contribution in [0.2, 0.25) is 0 Å². The highest BCUT2D eigenvalue weighted by Crippen LogP contribution is 2.31. The van der Waals surface area contributed by atoms with E-state index in [2.05, 4.69) is 12.1 Å². The Bertz CT molecular complexity index is 973. The third-order valence-electron chi connectivity index (χ3n) is 3.73. The Labute approximate surface area is 121 Å². The lowest BCUT2D eigenvalue weighted by Gasteiger charge is -2.08. The Balaban J connectivity index is 1.90. The van der Waals surface area contributed by atoms with Crippen LogP contribution < -0.4 is 0 Å². The van der Waals surface area contributed by atoms with Gasteiger partial charge in [0.1, 0.15) is 11.2 Å². The maximum Gasteiger partial charge on any atom is 0.136 e. The number of nitrogens with one attached hydrogen (secondary N) is 2. The minimum Gasteiger partial charge on any atom is -0.456 e. The first kappa shape index (κ1) is 11.9. The van der Waals surface area contributed by atoms with Gasteiger partial charge in [-0.2, -0.15) is 0 Å². The maximum absolute atomic E-state index is 7.75. The number of hydrogen-bond acceptors (Lipinski definition) is 3. The van der Waals surface area contributed by atoms with Gasteiger partial charge in [0.15, 0.2) is 0 Å². The summed E-state index contributed by atoms with van der Waals surface area (Å²) in [6.45, 7) is 0. The van der Waals surface area contributed by atoms with Crippen molar-refractivity contribution in [2.24, 2.45) is 0 Å². The third-order valence-corrected chi connectivity index (χ3v) is 3.73. The molecule has 3 heteroatoms. The molecule has 100 valence electrons. The van der Waals surface area contributed by atoms with Crippen LogP contribution in [0.3, 0.4) is 0 Å². The Morgan fingerprint density at radius 3 is 2.43 bits per heavy atom. The molecule has 0 saturated heterocycles. The molecule has 1 aliphatic carbocycles. The Morgan fingerprint density at radius 2 is 1.57 bits per heavy atom. The van der Waals surface area contributed by atoms with Crippen LogP contribution in [0.15, 0.2) is 65.1 Å². The van der Waals surface area contributed by atoms with E-state index in [1.165, 1.54) is 0 Å². The van der Waals surface area contributed by atoms with E-state index >= 15 is 0 Å². The SMILES string of the molecule is N=C1C=CC(c2ccc3c(c2)oc2ccccc23)=CC1=N. The topological polar surface area (TPSA) is 60.8 Å². The zero-order valence-electron chi connectivity index (χ0n) is 11.2. The highest BCUT2D eigenvalue weighted by atomic mass is 16.3. The van der Waals surface area contributed by atoms with E-state index in [1.54, 1.807) is 12.2 Å². The summed E-state index contributed by atoms with van der Waals surface area (Å²) in [7, 11) is 0. The molecule has 0 bridgehead atoms. The monoisotopic (exact) mass is 272 g/mol. The van der Waals surface area contributed by atoms with E-state index < -0.39 is 0 Å². The predicted octanol–water partition coefficient (Wildman–Crippen LogP) is 4.58. The Kier molecular flexibility index (Phi) is 2.42. The van der Waals surface area contributed by atoms with Gasteiger partial charge >= 0.3 is 0 Å². The largest absolute Gasteiger partial charge is 0.456 e. The van der Waals surface area contributed by atoms with E-state index in [0.717, 1.165) is 33.1 Å². The van der Waals surface area contributed by atoms with Gasteiger partial charge in [0.25, 0.3) is 0 Å². The molecular weight excluding hydrogens is 260 g/mol. The summed E-state index contributed by atoms with van der Waals surface area (Å²) in [6.07, 6.45) is 5.23. The highest BCUT2D eigenvalue weighted by molar-refractivity contribution is 6.50. The van der Waals surface area contributed by atoms with E-state index in [1.807, 2.05) is 36.4 Å². The molecule has 3 aromatic rings. The van der Waals surface area contributed by atoms with Crippen LogP contribution in [0, 0.1) is 10.8 Å². The van der Waals surface area contributed by atoms with E-state index in [-0.39, 0.29) is 11.4 Å². The zero-order chi connectivity index (χ0) is 14.4. The van der Waals surface area contributed by atoms with E-state index in [4.69, 9.17) is 15.2 Å². The lowest BCUT2D eigenvalue weighted by atomic mass is 9.97. The van der Waals surface area contributed by atoms with Crippen molar-refractivity contribution in [1.82, 2.24) is 0 Å². The van der Waals surface area contributed by atoms with Gasteiger partial charge in [-0.05, 0) is 41.5 Å². The van der Waals surface area contributed by atoms with Crippen LogP contribution in [0.5, 0.6) is 0 Å². The minimum absolute atomic E-state index is 0.234. The average Bonchev–Trinajstić information content (AvgIpc) is 2.87. The van der Waals surface area contributed by atoms with E-state index in [0.29, 0.717) is 0 Å². The number of rotatable bonds is 1. The number of furan rings is 1. The van der Waals surface area contributed by atoms with Gasteiger partial charge in [-0.15, -0.1) is 0 Å². The first-order chi connectivity index (χ1) is 10.2. The summed E-state index contributed by atoms with van der Waals surface area (Å²) in [5, 5.41) is 17.5. The smallest absolute Gasteiger partial charge is 0.136 e. The van der Waals surface area contributed by atoms with Crippen molar-refractivity contribution in [3.05, 3.63) is 66.3 Å². The molecule has 3 nitrogen and oxygen atoms in total. The first-order valence-corrected chi connectivity index (χ1v) is 6.71. The molecular formula is C18H12N2O. The summed E-state index contributed by atoms with van der Waals surface area (Å²) < 4.78 is 5.88. The molecule has 0 amide bonds. The van der Waals surface area contributed by atoms with Crippen molar-refractivity contribution in [2.45, 2.75) is 0 Å². The summed E-state index contributed by atoms with van der Waals surface area (Å²) in [5.74, 6) is 0. The molecule has 0 unspecified atom stereocenters. The fourth-order valence-electron chi connectivity index (χ4n) is 2.63. The first-order valence-electron chi connectivity index (χ1n) is 6.71. The van der Waals surface area contributed by atoms with Gasteiger partial charge < -0.3 is 4.42 Å². The Morgan fingerprint density at radius 1 is 0.762 bits per heavy atom. The zero-order valence-corrected chi connectivity index (χ0v) is 11.2. The molecule has 1 aromatic heterocycles. The van der Waals surface area contributed by atoms with Crippen molar-refractivity contribution in [3.8, 4) is 0 Å². The summed E-state index contributed by atoms with van der Waals surface area (Å²) >= 11 is 0. The second-order valence-corrected chi connectivity index (χ2v) is 5.07. The quantitative estimate of drug-likeness (QED) is 0.626. The lowest BCUT2D eigenvalue weighted by Crippen LogP contribution is -2.09. The van der Waals surface area contributed by atoms with Crippen LogP contribution in [0.4, 0.5) is 0 Å². The van der Waals surface area contributed by atoms with Crippen molar-refractivity contribution < 1.29 is 4.42 Å². The second kappa shape index (κ2) is 4.28. The molecule has 1 aliphatic rings. The lowest BCUT2D eigenvalue weighted by molar-refractivity contribution is 0.669. The standard InChI is InChI=1S/C18H12N2O/c19-15-8-6-11(9-16(15)20)12-5-7-14-13-3-1-2-4-17(13)21-18(14)10-12/h1-10,19-20H. The second-order valence-electron chi connectivity index (χ2n) is 5.07. The van der Waals surface area contributed by atoms with Crippen LogP contribution in [-0.4, -0.2) is 11.4 Å². The molecule has 4 rings (SSSR count). The van der Waals surface area contributed by atoms with Gasteiger partial charge in [0.05, 0.1) is 11.4 Å². The molecule has 0 radical (unpaired) electrons. The van der Waals surface area contributed by atoms with Crippen molar-refractivity contribution in [2.75, 3.05) is 0 Å². The summed E-state index contributed by atoms with van der Waals surface area (Å²) in [5.41, 5.74) is 4.12. The molecule has 2 N–H and O–H groups in total. The summed E-state index contributed by atoms with van der Waals surface area (Å²) in [4.78, 5) is 0. The fourth-order valence-corrected chi connectivity index (χ4v) is 2.63. The molecule has 2 aromatic carbocycles. The predicted molar refractivity (Wildman–Crippen MR) is 86.3 cm³/mol. The highest BCUT2D eigenvalue weighted by Gasteiger charge is 2.11. The minimum atomic E-state index is 0.234. The number of fused-ring (bicyclic) bond motifs is 3. The molecule has 0 saturated carbocycles. The van der Waals surface area contributed by atoms with Gasteiger partial charge in [0.2, 0.25) is 0 Å². The molecule has 0 spiro atoms. The third kappa shape index (κ3) is 1.82. The van der Waals surface area contributed by atoms with Crippen molar-refractivity contribution >= 4 is 38.9 Å². The fraction of sp³-hybridized carbons (Fsp3) is 0. The van der Waals surface area contributed by atoms with Crippen LogP contribution in [0.25, 0.3) is 27.5 Å². The number of benzene rings is 2. The molecule has 0 aliphatic heterocycles. The van der Waals surface area contributed by atoms with Crippen LogP contribution in [0.1, 0.15) is 5.56 Å². The molecule has 1 heterocycles. The van der Waals surface area contributed by atoms with Crippen LogP contribution >= 0.6 is 0 Å². The normalized spacial score (nSPS) is 15.0. The van der Waals surface area contributed by atoms with Gasteiger partial charge in [-0.1, -0.05) is 30.3 Å². The average molecular weight is 272 g/mol. The molecule has 21 heavy (non-hydrogen) atoms. The van der Waals surface area contributed by atoms with Gasteiger partial charge in [0, 0.05) is 10.8 Å². The molecule has 0 atom stereocenters. The van der Waals surface area contributed by atoms with Crippen molar-refractivity contribution in [1.29, 1.82) is 10.8 Å². The van der Waals surface area contributed by atoms with Gasteiger partial charge in [-0.3, -0.25) is 10.8 Å². The number of allylic oxidation sites excluding steroid dienone is 4. The summed E-state index contributed by atoms with van der Waals surface area (Å²) in [6, 6.07) is 14.1. The number of para-hydroxylation sites is 1. The van der Waals surface area contributed by atoms with Crippen LogP contribution in [-0.2, 0) is 0 Å². The van der Waals surface area contributed by atoms with Crippen molar-refractivity contribution in [3.63, 3.8) is 0 Å². The maximum atomic E-state index is 7.75. The van der Waals surface area contributed by atoms with Gasteiger partial charge in [-0.25, -0.2) is 0 Å². The number of hydrogen-bond donors (Lipinski definition) is 2. The van der Waals surface area contributed by atoms with E-state index in [9.17, 15) is 0 Å². The Hall–Kier alpha value is -2.94. The molecule has 0 fully saturated rings.